The van der Waals surface area contributed by atoms with Crippen LogP contribution in [-0.4, -0.2) is 36.5 Å². The number of rotatable bonds is 2. The van der Waals surface area contributed by atoms with Crippen LogP contribution in [0.15, 0.2) is 36.4 Å². The van der Waals surface area contributed by atoms with Gasteiger partial charge in [-0.3, -0.25) is 9.59 Å². The molecule has 0 saturated carbocycles. The number of nitrogens with one attached hydrogen (secondary N) is 1. The SMILES string of the molecule is Cc1ccc(NC(=O)c2ccc3c(c2)N(C)[C@H]2CCCCN2C3=O)cc1F. The molecule has 2 aromatic rings. The van der Waals surface area contributed by atoms with Crippen LogP contribution in [0.5, 0.6) is 0 Å². The molecule has 2 amide bonds. The average molecular weight is 367 g/mol. The molecule has 4 rings (SSSR count). The van der Waals surface area contributed by atoms with E-state index in [0.717, 1.165) is 31.5 Å². The van der Waals surface area contributed by atoms with Crippen molar-refractivity contribution < 1.29 is 14.0 Å². The quantitative estimate of drug-likeness (QED) is 0.879. The van der Waals surface area contributed by atoms with Crippen molar-refractivity contribution in [3.05, 3.63) is 58.9 Å². The summed E-state index contributed by atoms with van der Waals surface area (Å²) in [6.07, 6.45) is 3.09. The maximum absolute atomic E-state index is 13.7. The molecule has 1 N–H and O–H groups in total. The van der Waals surface area contributed by atoms with Gasteiger partial charge < -0.3 is 15.1 Å². The Bertz CT molecular complexity index is 928. The van der Waals surface area contributed by atoms with Crippen molar-refractivity contribution in [2.24, 2.45) is 0 Å². The lowest BCUT2D eigenvalue weighted by Gasteiger charge is -2.46. The van der Waals surface area contributed by atoms with Crippen molar-refractivity contribution >= 4 is 23.2 Å². The van der Waals surface area contributed by atoms with Gasteiger partial charge in [-0.05, 0) is 62.1 Å². The van der Waals surface area contributed by atoms with Gasteiger partial charge in [0.25, 0.3) is 11.8 Å². The van der Waals surface area contributed by atoms with Gasteiger partial charge in [-0.1, -0.05) is 6.07 Å². The van der Waals surface area contributed by atoms with Crippen LogP contribution in [0.4, 0.5) is 15.8 Å². The van der Waals surface area contributed by atoms with Crippen molar-refractivity contribution in [1.29, 1.82) is 0 Å². The van der Waals surface area contributed by atoms with Crippen LogP contribution in [0, 0.1) is 12.7 Å². The number of amides is 2. The number of benzene rings is 2. The molecule has 0 radical (unpaired) electrons. The minimum absolute atomic E-state index is 0.0281. The molecule has 2 aliphatic rings. The predicted octanol–water partition coefficient (Wildman–Crippen LogP) is 3.79. The number of fused-ring (bicyclic) bond motifs is 2. The summed E-state index contributed by atoms with van der Waals surface area (Å²) in [6, 6.07) is 9.71. The maximum Gasteiger partial charge on any atom is 0.257 e. The molecule has 0 spiro atoms. The van der Waals surface area contributed by atoms with Gasteiger partial charge in [-0.15, -0.1) is 0 Å². The summed E-state index contributed by atoms with van der Waals surface area (Å²) in [5, 5.41) is 2.72. The Kier molecular flexibility index (Phi) is 4.34. The summed E-state index contributed by atoms with van der Waals surface area (Å²) in [6.45, 7) is 2.44. The maximum atomic E-state index is 13.7. The molecule has 1 fully saturated rings. The number of nitrogens with zero attached hydrogens (tertiary/aromatic N) is 2. The normalized spacial score (nSPS) is 18.8. The summed E-state index contributed by atoms with van der Waals surface area (Å²) >= 11 is 0. The zero-order chi connectivity index (χ0) is 19.1. The van der Waals surface area contributed by atoms with E-state index in [1.165, 1.54) is 6.07 Å². The number of carbonyl (C=O) groups is 2. The lowest BCUT2D eigenvalue weighted by molar-refractivity contribution is 0.0589. The molecule has 1 atom stereocenters. The number of hydrogen-bond acceptors (Lipinski definition) is 3. The summed E-state index contributed by atoms with van der Waals surface area (Å²) < 4.78 is 13.7. The summed E-state index contributed by atoms with van der Waals surface area (Å²) in [7, 11) is 1.96. The van der Waals surface area contributed by atoms with E-state index in [1.54, 1.807) is 37.3 Å². The van der Waals surface area contributed by atoms with E-state index in [2.05, 4.69) is 10.2 Å². The Morgan fingerprint density at radius 2 is 2.00 bits per heavy atom. The highest BCUT2D eigenvalue weighted by Gasteiger charge is 2.37. The van der Waals surface area contributed by atoms with Crippen molar-refractivity contribution in [3.8, 4) is 0 Å². The molecule has 0 aliphatic carbocycles. The summed E-state index contributed by atoms with van der Waals surface area (Å²) in [4.78, 5) is 29.4. The number of aryl methyl sites for hydroxylation is 1. The summed E-state index contributed by atoms with van der Waals surface area (Å²) in [5.74, 6) is -0.658. The van der Waals surface area contributed by atoms with E-state index in [9.17, 15) is 14.0 Å². The van der Waals surface area contributed by atoms with Crippen molar-refractivity contribution in [1.82, 2.24) is 4.90 Å². The third-order valence-electron chi connectivity index (χ3n) is 5.48. The Labute approximate surface area is 157 Å². The Morgan fingerprint density at radius 1 is 1.19 bits per heavy atom. The van der Waals surface area contributed by atoms with Crippen LogP contribution < -0.4 is 10.2 Å². The minimum Gasteiger partial charge on any atom is -0.354 e. The third kappa shape index (κ3) is 3.05. The smallest absolute Gasteiger partial charge is 0.257 e. The largest absolute Gasteiger partial charge is 0.354 e. The average Bonchev–Trinajstić information content (AvgIpc) is 2.68. The van der Waals surface area contributed by atoms with Gasteiger partial charge >= 0.3 is 0 Å². The zero-order valence-electron chi connectivity index (χ0n) is 15.5. The van der Waals surface area contributed by atoms with E-state index < -0.39 is 0 Å². The molecule has 1 saturated heterocycles. The fourth-order valence-corrected chi connectivity index (χ4v) is 3.89. The molecule has 6 heteroatoms. The Hall–Kier alpha value is -2.89. The lowest BCUT2D eigenvalue weighted by Crippen LogP contribution is -2.55. The van der Waals surface area contributed by atoms with E-state index in [1.807, 2.05) is 11.9 Å². The van der Waals surface area contributed by atoms with Gasteiger partial charge in [0.05, 0.1) is 11.3 Å². The van der Waals surface area contributed by atoms with Crippen LogP contribution in [0.2, 0.25) is 0 Å². The molecular weight excluding hydrogens is 345 g/mol. The van der Waals surface area contributed by atoms with Gasteiger partial charge in [0.15, 0.2) is 0 Å². The molecule has 2 aromatic carbocycles. The second kappa shape index (κ2) is 6.68. The van der Waals surface area contributed by atoms with Crippen molar-refractivity contribution in [2.45, 2.75) is 32.4 Å². The first-order valence-corrected chi connectivity index (χ1v) is 9.21. The first-order valence-electron chi connectivity index (χ1n) is 9.21. The Morgan fingerprint density at radius 3 is 2.78 bits per heavy atom. The number of halogens is 1. The van der Waals surface area contributed by atoms with Gasteiger partial charge in [-0.25, -0.2) is 4.39 Å². The van der Waals surface area contributed by atoms with Crippen molar-refractivity contribution in [2.75, 3.05) is 23.8 Å². The summed E-state index contributed by atoms with van der Waals surface area (Å²) in [5.41, 5.74) is 2.76. The molecular formula is C21H22FN3O2. The third-order valence-corrected chi connectivity index (χ3v) is 5.48. The van der Waals surface area contributed by atoms with Crippen molar-refractivity contribution in [3.63, 3.8) is 0 Å². The molecule has 0 aromatic heterocycles. The van der Waals surface area contributed by atoms with E-state index in [0.29, 0.717) is 22.4 Å². The monoisotopic (exact) mass is 367 g/mol. The zero-order valence-corrected chi connectivity index (χ0v) is 15.5. The van der Waals surface area contributed by atoms with Gasteiger partial charge in [-0.2, -0.15) is 0 Å². The number of piperidine rings is 1. The number of anilines is 2. The number of carbonyl (C=O) groups excluding carboxylic acids is 2. The minimum atomic E-state index is -0.360. The fourth-order valence-electron chi connectivity index (χ4n) is 3.89. The van der Waals surface area contributed by atoms with Gasteiger partial charge in [0.1, 0.15) is 12.0 Å². The van der Waals surface area contributed by atoms with E-state index in [-0.39, 0.29) is 23.8 Å². The Balaban J connectivity index is 1.62. The second-order valence-corrected chi connectivity index (χ2v) is 7.24. The van der Waals surface area contributed by atoms with Crippen LogP contribution >= 0.6 is 0 Å². The molecule has 0 bridgehead atoms. The molecule has 140 valence electrons. The standard InChI is InChI=1S/C21H22FN3O2/c1-13-6-8-15(12-17(13)22)23-20(26)14-7-9-16-18(11-14)24(2)19-5-3-4-10-25(19)21(16)27/h6-9,11-12,19H,3-5,10H2,1-2H3,(H,23,26)/t19-/m1/s1. The molecule has 2 aliphatic heterocycles. The lowest BCUT2D eigenvalue weighted by atomic mass is 9.97. The first-order chi connectivity index (χ1) is 13.0. The molecule has 2 heterocycles. The molecule has 5 nitrogen and oxygen atoms in total. The highest BCUT2D eigenvalue weighted by Crippen LogP contribution is 2.35. The van der Waals surface area contributed by atoms with Gasteiger partial charge in [0, 0.05) is 24.8 Å². The van der Waals surface area contributed by atoms with Gasteiger partial charge in [0.2, 0.25) is 0 Å². The fraction of sp³-hybridized carbons (Fsp3) is 0.333. The molecule has 27 heavy (non-hydrogen) atoms. The van der Waals surface area contributed by atoms with Crippen LogP contribution in [-0.2, 0) is 0 Å². The molecule has 0 unspecified atom stereocenters. The second-order valence-electron chi connectivity index (χ2n) is 7.24. The first kappa shape index (κ1) is 17.5. The van der Waals surface area contributed by atoms with E-state index in [4.69, 9.17) is 0 Å². The highest BCUT2D eigenvalue weighted by atomic mass is 19.1. The van der Waals surface area contributed by atoms with E-state index >= 15 is 0 Å². The predicted molar refractivity (Wildman–Crippen MR) is 103 cm³/mol. The number of hydrogen-bond donors (Lipinski definition) is 1. The van der Waals surface area contributed by atoms with Crippen LogP contribution in [0.1, 0.15) is 45.5 Å². The van der Waals surface area contributed by atoms with Crippen LogP contribution in [0.3, 0.4) is 0 Å². The topological polar surface area (TPSA) is 52.7 Å². The van der Waals surface area contributed by atoms with Crippen LogP contribution in [0.25, 0.3) is 0 Å². The highest BCUT2D eigenvalue weighted by molar-refractivity contribution is 6.08.